The number of hydrogen-bond donors (Lipinski definition) is 0. The van der Waals surface area contributed by atoms with Crippen LogP contribution in [0.25, 0.3) is 0 Å². The monoisotopic (exact) mass is 128 g/mol. The first-order valence-electron chi connectivity index (χ1n) is 1.95. The first kappa shape index (κ1) is 5.37. The van der Waals surface area contributed by atoms with Crippen molar-refractivity contribution in [3.8, 4) is 0 Å². The van der Waals surface area contributed by atoms with Gasteiger partial charge in [0.2, 0.25) is 11.8 Å². The predicted molar refractivity (Wildman–Crippen MR) is 28.4 cm³/mol. The van der Waals surface area contributed by atoms with E-state index in [1.165, 1.54) is 0 Å². The average Bonchev–Trinajstić information content (AvgIpc) is 1.98. The van der Waals surface area contributed by atoms with Crippen LogP contribution in [0.5, 0.6) is 0 Å². The smallest absolute Gasteiger partial charge is 0.231 e. The van der Waals surface area contributed by atoms with Crippen molar-refractivity contribution in [3.63, 3.8) is 0 Å². The standard InChI is InChI=1S/C4H2NO2S/c6-3-1-2-4(7)5(3)8/h1-2H/q-1. The first-order valence-corrected chi connectivity index (χ1v) is 2.31. The molecule has 1 heterocycles. The Kier molecular flexibility index (Phi) is 1.09. The van der Waals surface area contributed by atoms with Crippen LogP contribution < -0.4 is 0 Å². The molecule has 0 aliphatic carbocycles. The summed E-state index contributed by atoms with van der Waals surface area (Å²) in [5, 5.41) is 0. The van der Waals surface area contributed by atoms with E-state index in [2.05, 4.69) is 12.8 Å². The summed E-state index contributed by atoms with van der Waals surface area (Å²) < 4.78 is 0.639. The Labute approximate surface area is 51.5 Å². The molecule has 0 spiro atoms. The van der Waals surface area contributed by atoms with Gasteiger partial charge in [0.05, 0.1) is 0 Å². The van der Waals surface area contributed by atoms with E-state index < -0.39 is 11.8 Å². The molecule has 0 saturated carbocycles. The molecule has 8 heavy (non-hydrogen) atoms. The number of rotatable bonds is 0. The van der Waals surface area contributed by atoms with Crippen LogP contribution in [0.1, 0.15) is 0 Å². The van der Waals surface area contributed by atoms with Gasteiger partial charge in [0.15, 0.2) is 0 Å². The summed E-state index contributed by atoms with van der Waals surface area (Å²) in [5.74, 6) is -0.852. The van der Waals surface area contributed by atoms with E-state index in [9.17, 15) is 9.59 Å². The van der Waals surface area contributed by atoms with Crippen LogP contribution in [-0.4, -0.2) is 16.1 Å². The highest BCUT2D eigenvalue weighted by Crippen LogP contribution is 1.98. The highest BCUT2D eigenvalue weighted by Gasteiger charge is 2.10. The number of carbonyl (C=O) groups is 2. The van der Waals surface area contributed by atoms with Crippen LogP contribution in [-0.2, 0) is 22.4 Å². The third-order valence-electron chi connectivity index (χ3n) is 0.769. The maximum atomic E-state index is 10.3. The fraction of sp³-hybridized carbons (Fsp3) is 0. The summed E-state index contributed by atoms with van der Waals surface area (Å²) in [6.07, 6.45) is 2.30. The second-order valence-electron chi connectivity index (χ2n) is 1.30. The van der Waals surface area contributed by atoms with E-state index in [4.69, 9.17) is 0 Å². The zero-order chi connectivity index (χ0) is 6.15. The van der Waals surface area contributed by atoms with Crippen molar-refractivity contribution in [1.82, 2.24) is 4.31 Å². The van der Waals surface area contributed by atoms with Gasteiger partial charge < -0.3 is 17.1 Å². The molecule has 1 aliphatic heterocycles. The van der Waals surface area contributed by atoms with Gasteiger partial charge in [-0.1, -0.05) is 0 Å². The molecular weight excluding hydrogens is 126 g/mol. The predicted octanol–water partition coefficient (Wildman–Crippen LogP) is -0.627. The Morgan fingerprint density at radius 1 is 1.25 bits per heavy atom. The SMILES string of the molecule is O=C1C=CC(=O)N1[S-]. The van der Waals surface area contributed by atoms with E-state index in [1.54, 1.807) is 0 Å². The van der Waals surface area contributed by atoms with Crippen LogP contribution in [0, 0.1) is 0 Å². The number of carbonyl (C=O) groups excluding carboxylic acids is 2. The van der Waals surface area contributed by atoms with E-state index in [0.717, 1.165) is 12.2 Å². The van der Waals surface area contributed by atoms with Gasteiger partial charge in [-0.05, 0) is 0 Å². The third-order valence-corrected chi connectivity index (χ3v) is 1.13. The number of hydrogen-bond acceptors (Lipinski definition) is 3. The Balaban J connectivity index is 2.84. The first-order chi connectivity index (χ1) is 3.72. The summed E-state index contributed by atoms with van der Waals surface area (Å²) in [6.45, 7) is 0. The van der Waals surface area contributed by atoms with Gasteiger partial charge in [0.25, 0.3) is 0 Å². The zero-order valence-electron chi connectivity index (χ0n) is 3.83. The molecule has 0 atom stereocenters. The van der Waals surface area contributed by atoms with Gasteiger partial charge in [0.1, 0.15) is 0 Å². The van der Waals surface area contributed by atoms with Crippen molar-refractivity contribution in [1.29, 1.82) is 0 Å². The Morgan fingerprint density at radius 2 is 1.62 bits per heavy atom. The van der Waals surface area contributed by atoms with E-state index >= 15 is 0 Å². The van der Waals surface area contributed by atoms with E-state index in [0.29, 0.717) is 4.31 Å². The van der Waals surface area contributed by atoms with Crippen LogP contribution in [0.15, 0.2) is 12.2 Å². The summed E-state index contributed by atoms with van der Waals surface area (Å²) in [4.78, 5) is 20.6. The summed E-state index contributed by atoms with van der Waals surface area (Å²) in [6, 6.07) is 0. The van der Waals surface area contributed by atoms with Gasteiger partial charge in [-0.2, -0.15) is 0 Å². The second kappa shape index (κ2) is 1.63. The minimum Gasteiger partial charge on any atom is -0.655 e. The van der Waals surface area contributed by atoms with E-state index in [1.807, 2.05) is 0 Å². The highest BCUT2D eigenvalue weighted by molar-refractivity contribution is 7.57. The number of imide groups is 1. The molecule has 0 saturated heterocycles. The molecule has 1 rings (SSSR count). The number of nitrogens with zero attached hydrogens (tertiary/aromatic N) is 1. The van der Waals surface area contributed by atoms with Crippen LogP contribution >= 0.6 is 0 Å². The lowest BCUT2D eigenvalue weighted by Gasteiger charge is -2.18. The fourth-order valence-electron chi connectivity index (χ4n) is 0.387. The fourth-order valence-corrected chi connectivity index (χ4v) is 0.508. The van der Waals surface area contributed by atoms with Crippen molar-refractivity contribution in [2.45, 2.75) is 0 Å². The van der Waals surface area contributed by atoms with Crippen LogP contribution in [0.4, 0.5) is 0 Å². The normalized spacial score (nSPS) is 18.4. The molecule has 0 aromatic heterocycles. The van der Waals surface area contributed by atoms with Crippen LogP contribution in [0.3, 0.4) is 0 Å². The lowest BCUT2D eigenvalue weighted by atomic mass is 10.6. The van der Waals surface area contributed by atoms with Crippen molar-refractivity contribution >= 4 is 24.6 Å². The lowest BCUT2D eigenvalue weighted by Crippen LogP contribution is -2.22. The molecule has 0 N–H and O–H groups in total. The van der Waals surface area contributed by atoms with Gasteiger partial charge >= 0.3 is 0 Å². The largest absolute Gasteiger partial charge is 0.655 e. The quantitative estimate of drug-likeness (QED) is 0.322. The lowest BCUT2D eigenvalue weighted by molar-refractivity contribution is -0.130. The van der Waals surface area contributed by atoms with Crippen molar-refractivity contribution in [3.05, 3.63) is 12.2 Å². The van der Waals surface area contributed by atoms with E-state index in [-0.39, 0.29) is 0 Å². The minimum absolute atomic E-state index is 0.426. The van der Waals surface area contributed by atoms with Crippen LogP contribution in [0.2, 0.25) is 0 Å². The molecule has 0 bridgehead atoms. The molecule has 0 unspecified atom stereocenters. The molecule has 0 radical (unpaired) electrons. The minimum atomic E-state index is -0.426. The Morgan fingerprint density at radius 3 is 1.75 bits per heavy atom. The summed E-state index contributed by atoms with van der Waals surface area (Å²) in [5.41, 5.74) is 0. The molecular formula is C4H2NO2S-. The maximum Gasteiger partial charge on any atom is 0.231 e. The second-order valence-corrected chi connectivity index (χ2v) is 1.67. The highest BCUT2D eigenvalue weighted by atomic mass is 32.1. The Bertz CT molecular complexity index is 157. The topological polar surface area (TPSA) is 37.4 Å². The molecule has 0 aromatic carbocycles. The van der Waals surface area contributed by atoms with Gasteiger partial charge in [-0.25, -0.2) is 0 Å². The molecule has 42 valence electrons. The Hall–Kier alpha value is -0.770. The molecule has 0 aromatic rings. The molecule has 2 amide bonds. The van der Waals surface area contributed by atoms with Gasteiger partial charge in [-0.15, -0.1) is 0 Å². The summed E-state index contributed by atoms with van der Waals surface area (Å²) in [7, 11) is 0. The number of amides is 2. The average molecular weight is 128 g/mol. The van der Waals surface area contributed by atoms with Crippen molar-refractivity contribution in [2.75, 3.05) is 0 Å². The zero-order valence-corrected chi connectivity index (χ0v) is 4.64. The van der Waals surface area contributed by atoms with Gasteiger partial charge in [-0.3, -0.25) is 9.59 Å². The molecule has 3 nitrogen and oxygen atoms in total. The van der Waals surface area contributed by atoms with Crippen molar-refractivity contribution < 1.29 is 9.59 Å². The maximum absolute atomic E-state index is 10.3. The molecule has 4 heteroatoms. The molecule has 0 fully saturated rings. The summed E-state index contributed by atoms with van der Waals surface area (Å²) >= 11 is 4.32. The molecule has 1 aliphatic rings. The van der Waals surface area contributed by atoms with Gasteiger partial charge in [0, 0.05) is 12.2 Å². The third kappa shape index (κ3) is 0.626. The van der Waals surface area contributed by atoms with Crippen molar-refractivity contribution in [2.24, 2.45) is 0 Å².